The number of nitriles is 1. The molecule has 0 radical (unpaired) electrons. The predicted molar refractivity (Wildman–Crippen MR) is 63.1 cm³/mol. The molecule has 8 heteroatoms. The molecule has 0 atom stereocenters. The van der Waals surface area contributed by atoms with E-state index in [0.717, 1.165) is 4.31 Å². The zero-order valence-corrected chi connectivity index (χ0v) is 10.5. The van der Waals surface area contributed by atoms with Crippen LogP contribution in [0.15, 0.2) is 29.2 Å². The number of amides is 2. The summed E-state index contributed by atoms with van der Waals surface area (Å²) in [5, 5.41) is 10.7. The second-order valence-corrected chi connectivity index (χ2v) is 5.82. The topological polar surface area (TPSA) is 107 Å². The number of carbonyl (C=O) groups excluding carboxylic acids is 2. The molecule has 1 aromatic rings. The van der Waals surface area contributed by atoms with Gasteiger partial charge in [0, 0.05) is 0 Å². The molecule has 0 bridgehead atoms. The van der Waals surface area contributed by atoms with Crippen LogP contribution < -0.4 is 5.32 Å². The van der Waals surface area contributed by atoms with Gasteiger partial charge in [0.25, 0.3) is 0 Å². The molecule has 1 N–H and O–H groups in total. The van der Waals surface area contributed by atoms with Crippen molar-refractivity contribution < 1.29 is 18.0 Å². The summed E-state index contributed by atoms with van der Waals surface area (Å²) in [6.07, 6.45) is 0. The first-order valence-electron chi connectivity index (χ1n) is 5.26. The molecule has 0 spiro atoms. The van der Waals surface area contributed by atoms with Crippen molar-refractivity contribution >= 4 is 21.8 Å². The molecular formula is C11H9N3O4S. The lowest BCUT2D eigenvalue weighted by Crippen LogP contribution is -2.53. The Labute approximate surface area is 109 Å². The van der Waals surface area contributed by atoms with Gasteiger partial charge in [-0.05, 0) is 24.3 Å². The fourth-order valence-corrected chi connectivity index (χ4v) is 2.98. The molecule has 1 aliphatic rings. The highest BCUT2D eigenvalue weighted by atomic mass is 32.2. The van der Waals surface area contributed by atoms with Crippen LogP contribution in [-0.4, -0.2) is 37.6 Å². The van der Waals surface area contributed by atoms with E-state index in [4.69, 9.17) is 5.26 Å². The van der Waals surface area contributed by atoms with E-state index in [0.29, 0.717) is 5.56 Å². The van der Waals surface area contributed by atoms with Gasteiger partial charge in [0.15, 0.2) is 0 Å². The molecule has 0 aliphatic carbocycles. The second kappa shape index (κ2) is 4.79. The summed E-state index contributed by atoms with van der Waals surface area (Å²) in [7, 11) is -3.91. The highest BCUT2D eigenvalue weighted by Gasteiger charge is 2.32. The van der Waals surface area contributed by atoms with Crippen LogP contribution in [-0.2, 0) is 19.6 Å². The molecule has 1 aliphatic heterocycles. The maximum Gasteiger partial charge on any atom is 0.244 e. The van der Waals surface area contributed by atoms with Crippen molar-refractivity contribution in [2.24, 2.45) is 0 Å². The molecule has 1 aromatic carbocycles. The fraction of sp³-hybridized carbons (Fsp3) is 0.182. The number of hydrogen-bond donors (Lipinski definition) is 1. The molecule has 0 unspecified atom stereocenters. The lowest BCUT2D eigenvalue weighted by atomic mass is 10.2. The third-order valence-corrected chi connectivity index (χ3v) is 4.35. The first-order valence-corrected chi connectivity index (χ1v) is 6.70. The molecule has 1 fully saturated rings. The van der Waals surface area contributed by atoms with Gasteiger partial charge in [-0.15, -0.1) is 0 Å². The smallest absolute Gasteiger partial charge is 0.244 e. The van der Waals surface area contributed by atoms with Crippen LogP contribution in [0.5, 0.6) is 0 Å². The van der Waals surface area contributed by atoms with Gasteiger partial charge in [0.05, 0.1) is 29.6 Å². The Kier molecular flexibility index (Phi) is 3.33. The number of hydrogen-bond acceptors (Lipinski definition) is 5. The van der Waals surface area contributed by atoms with Gasteiger partial charge < -0.3 is 0 Å². The molecular weight excluding hydrogens is 270 g/mol. The molecule has 1 saturated heterocycles. The summed E-state index contributed by atoms with van der Waals surface area (Å²) in [4.78, 5) is 22.3. The van der Waals surface area contributed by atoms with E-state index in [2.05, 4.69) is 0 Å². The van der Waals surface area contributed by atoms with Crippen LogP contribution in [0, 0.1) is 11.3 Å². The number of nitrogens with one attached hydrogen (secondary N) is 1. The number of carbonyl (C=O) groups is 2. The Morgan fingerprint density at radius 3 is 2.11 bits per heavy atom. The maximum atomic E-state index is 12.2. The highest BCUT2D eigenvalue weighted by Crippen LogP contribution is 2.17. The molecule has 7 nitrogen and oxygen atoms in total. The zero-order chi connectivity index (χ0) is 14.0. The zero-order valence-electron chi connectivity index (χ0n) is 9.66. The summed E-state index contributed by atoms with van der Waals surface area (Å²) in [5.74, 6) is -1.32. The van der Waals surface area contributed by atoms with Crippen molar-refractivity contribution in [2.45, 2.75) is 4.90 Å². The summed E-state index contributed by atoms with van der Waals surface area (Å²) in [6.45, 7) is -0.790. The normalized spacial score (nSPS) is 16.8. The number of benzene rings is 1. The highest BCUT2D eigenvalue weighted by molar-refractivity contribution is 7.89. The van der Waals surface area contributed by atoms with Crippen molar-refractivity contribution in [3.8, 4) is 6.07 Å². The van der Waals surface area contributed by atoms with Gasteiger partial charge in [-0.25, -0.2) is 8.42 Å². The number of rotatable bonds is 2. The first kappa shape index (κ1) is 13.2. The van der Waals surface area contributed by atoms with Crippen molar-refractivity contribution in [2.75, 3.05) is 13.1 Å². The van der Waals surface area contributed by atoms with Crippen LogP contribution in [0.25, 0.3) is 0 Å². The third kappa shape index (κ3) is 2.62. The molecule has 98 valence electrons. The molecule has 19 heavy (non-hydrogen) atoms. The van der Waals surface area contributed by atoms with Crippen molar-refractivity contribution in [1.29, 1.82) is 5.26 Å². The number of nitrogens with zero attached hydrogens (tertiary/aromatic N) is 2. The average Bonchev–Trinajstić information content (AvgIpc) is 2.37. The Bertz CT molecular complexity index is 657. The van der Waals surface area contributed by atoms with Crippen molar-refractivity contribution in [3.63, 3.8) is 0 Å². The summed E-state index contributed by atoms with van der Waals surface area (Å²) in [6, 6.07) is 7.13. The van der Waals surface area contributed by atoms with Gasteiger partial charge >= 0.3 is 0 Å². The van der Waals surface area contributed by atoms with E-state index in [1.807, 2.05) is 11.4 Å². The van der Waals surface area contributed by atoms with E-state index in [9.17, 15) is 18.0 Å². The summed E-state index contributed by atoms with van der Waals surface area (Å²) >= 11 is 0. The summed E-state index contributed by atoms with van der Waals surface area (Å²) in [5.41, 5.74) is 0.325. The van der Waals surface area contributed by atoms with E-state index in [-0.39, 0.29) is 4.90 Å². The van der Waals surface area contributed by atoms with E-state index in [1.54, 1.807) is 0 Å². The van der Waals surface area contributed by atoms with Crippen LogP contribution in [0.3, 0.4) is 0 Å². The average molecular weight is 279 g/mol. The number of sulfonamides is 1. The maximum absolute atomic E-state index is 12.2. The minimum atomic E-state index is -3.91. The largest absolute Gasteiger partial charge is 0.294 e. The number of imide groups is 1. The Hall–Kier alpha value is -2.24. The van der Waals surface area contributed by atoms with Crippen molar-refractivity contribution in [3.05, 3.63) is 29.8 Å². The molecule has 0 aromatic heterocycles. The van der Waals surface area contributed by atoms with Gasteiger partial charge in [-0.1, -0.05) is 0 Å². The van der Waals surface area contributed by atoms with Crippen molar-refractivity contribution in [1.82, 2.24) is 9.62 Å². The molecule has 2 rings (SSSR count). The van der Waals surface area contributed by atoms with Gasteiger partial charge in [-0.3, -0.25) is 14.9 Å². The molecule has 0 saturated carbocycles. The van der Waals surface area contributed by atoms with Crippen LogP contribution in [0.2, 0.25) is 0 Å². The predicted octanol–water partition coefficient (Wildman–Crippen LogP) is -0.795. The first-order chi connectivity index (χ1) is 8.93. The Balaban J connectivity index is 2.33. The molecule has 1 heterocycles. The van der Waals surface area contributed by atoms with Gasteiger partial charge in [-0.2, -0.15) is 9.57 Å². The Morgan fingerprint density at radius 2 is 1.63 bits per heavy atom. The Morgan fingerprint density at radius 1 is 1.11 bits per heavy atom. The van der Waals surface area contributed by atoms with E-state index in [1.165, 1.54) is 24.3 Å². The van der Waals surface area contributed by atoms with E-state index >= 15 is 0 Å². The van der Waals surface area contributed by atoms with Crippen LogP contribution in [0.1, 0.15) is 5.56 Å². The monoisotopic (exact) mass is 279 g/mol. The number of piperazine rings is 1. The van der Waals surface area contributed by atoms with Gasteiger partial charge in [0.2, 0.25) is 21.8 Å². The van der Waals surface area contributed by atoms with Crippen LogP contribution in [0.4, 0.5) is 0 Å². The lowest BCUT2D eigenvalue weighted by molar-refractivity contribution is -0.134. The summed E-state index contributed by atoms with van der Waals surface area (Å²) < 4.78 is 25.2. The van der Waals surface area contributed by atoms with Gasteiger partial charge in [0.1, 0.15) is 0 Å². The van der Waals surface area contributed by atoms with E-state index < -0.39 is 34.9 Å². The minimum Gasteiger partial charge on any atom is -0.294 e. The fourth-order valence-electron chi connectivity index (χ4n) is 1.63. The SMILES string of the molecule is N#Cc1ccc(S(=O)(=O)N2CC(=O)NC(=O)C2)cc1. The lowest BCUT2D eigenvalue weighted by Gasteiger charge is -2.24. The standard InChI is InChI=1S/C11H9N3O4S/c12-5-8-1-3-9(4-2-8)19(17,18)14-6-10(15)13-11(16)7-14/h1-4H,6-7H2,(H,13,15,16). The quantitative estimate of drug-likeness (QED) is 0.713. The minimum absolute atomic E-state index is 0.0611. The third-order valence-electron chi connectivity index (χ3n) is 2.54. The van der Waals surface area contributed by atoms with Crippen LogP contribution >= 0.6 is 0 Å². The second-order valence-electron chi connectivity index (χ2n) is 3.88. The molecule has 2 amide bonds.